The van der Waals surface area contributed by atoms with Crippen LogP contribution < -0.4 is 14.2 Å². The van der Waals surface area contributed by atoms with E-state index < -0.39 is 17.7 Å². The highest BCUT2D eigenvalue weighted by molar-refractivity contribution is 6.46. The minimum absolute atomic E-state index is 0.00388. The fourth-order valence-electron chi connectivity index (χ4n) is 4.43. The van der Waals surface area contributed by atoms with Crippen molar-refractivity contribution >= 4 is 17.4 Å². The molecule has 0 spiro atoms. The summed E-state index contributed by atoms with van der Waals surface area (Å²) in [5.41, 5.74) is 1.74. The van der Waals surface area contributed by atoms with Crippen LogP contribution in [0.2, 0.25) is 0 Å². The molecule has 2 aromatic carbocycles. The molecule has 1 amide bonds. The summed E-state index contributed by atoms with van der Waals surface area (Å²) in [5.74, 6) is -0.158. The van der Waals surface area contributed by atoms with Gasteiger partial charge in [-0.2, -0.15) is 0 Å². The first-order valence-corrected chi connectivity index (χ1v) is 12.7. The van der Waals surface area contributed by atoms with Gasteiger partial charge in [0.25, 0.3) is 11.7 Å². The van der Waals surface area contributed by atoms with Crippen LogP contribution in [0.4, 0.5) is 0 Å². The molecule has 8 heteroatoms. The van der Waals surface area contributed by atoms with Crippen LogP contribution in [0.5, 0.6) is 17.2 Å². The maximum Gasteiger partial charge on any atom is 0.295 e. The number of ether oxygens (including phenoxy) is 3. The van der Waals surface area contributed by atoms with Crippen molar-refractivity contribution in [3.8, 4) is 17.2 Å². The van der Waals surface area contributed by atoms with Crippen LogP contribution in [0.15, 0.2) is 72.6 Å². The highest BCUT2D eigenvalue weighted by atomic mass is 16.5. The third-order valence-corrected chi connectivity index (χ3v) is 6.29. The molecule has 1 unspecified atom stereocenters. The zero-order valence-corrected chi connectivity index (χ0v) is 21.8. The van der Waals surface area contributed by atoms with Crippen molar-refractivity contribution in [2.45, 2.75) is 39.3 Å². The Kier molecular flexibility index (Phi) is 8.63. The lowest BCUT2D eigenvalue weighted by Crippen LogP contribution is -2.29. The van der Waals surface area contributed by atoms with Gasteiger partial charge in [-0.15, -0.1) is 0 Å². The Bertz CT molecular complexity index is 1320. The van der Waals surface area contributed by atoms with Gasteiger partial charge in [-0.1, -0.05) is 37.6 Å². The van der Waals surface area contributed by atoms with Gasteiger partial charge in [-0.25, -0.2) is 0 Å². The highest BCUT2D eigenvalue weighted by Gasteiger charge is 2.46. The van der Waals surface area contributed by atoms with Crippen molar-refractivity contribution in [2.24, 2.45) is 0 Å². The number of amides is 1. The second kappa shape index (κ2) is 12.3. The fraction of sp³-hybridized carbons (Fsp3) is 0.300. The number of aromatic nitrogens is 1. The SMILES string of the molecule is CCCCOc1cccc(C(O)=C2C(=O)C(=O)N(Cc3cccnc3)C2c2ccc(OCC)c(OC)c2)c1. The van der Waals surface area contributed by atoms with Gasteiger partial charge in [0.15, 0.2) is 11.5 Å². The van der Waals surface area contributed by atoms with Crippen molar-refractivity contribution in [3.05, 3.63) is 89.3 Å². The Morgan fingerprint density at radius 2 is 1.87 bits per heavy atom. The van der Waals surface area contributed by atoms with Crippen LogP contribution in [-0.2, 0) is 16.1 Å². The van der Waals surface area contributed by atoms with E-state index in [2.05, 4.69) is 11.9 Å². The summed E-state index contributed by atoms with van der Waals surface area (Å²) < 4.78 is 17.0. The molecule has 2 heterocycles. The zero-order valence-electron chi connectivity index (χ0n) is 21.8. The molecule has 1 aliphatic heterocycles. The number of benzene rings is 2. The molecule has 0 saturated carbocycles. The molecule has 0 aliphatic carbocycles. The van der Waals surface area contributed by atoms with Gasteiger partial charge in [0.05, 0.1) is 31.9 Å². The van der Waals surface area contributed by atoms with Gasteiger partial charge in [-0.05, 0) is 54.8 Å². The Morgan fingerprint density at radius 3 is 2.58 bits per heavy atom. The summed E-state index contributed by atoms with van der Waals surface area (Å²) in [7, 11) is 1.53. The van der Waals surface area contributed by atoms with Gasteiger partial charge in [0, 0.05) is 24.5 Å². The molecule has 38 heavy (non-hydrogen) atoms. The number of likely N-dealkylation sites (tertiary alicyclic amines) is 1. The molecule has 1 atom stereocenters. The number of nitrogens with zero attached hydrogens (tertiary/aromatic N) is 2. The molecular weight excluding hydrogens is 484 g/mol. The van der Waals surface area contributed by atoms with E-state index in [0.717, 1.165) is 18.4 Å². The Balaban J connectivity index is 1.82. The van der Waals surface area contributed by atoms with Crippen LogP contribution in [0.3, 0.4) is 0 Å². The molecular formula is C30H32N2O6. The molecule has 1 aromatic heterocycles. The van der Waals surface area contributed by atoms with Gasteiger partial charge in [-0.3, -0.25) is 14.6 Å². The van der Waals surface area contributed by atoms with E-state index in [4.69, 9.17) is 14.2 Å². The quantitative estimate of drug-likeness (QED) is 0.160. The van der Waals surface area contributed by atoms with Crippen LogP contribution in [0.1, 0.15) is 49.4 Å². The van der Waals surface area contributed by atoms with Crippen molar-refractivity contribution in [3.63, 3.8) is 0 Å². The first-order chi connectivity index (χ1) is 18.5. The number of Topliss-reactive ketones (excluding diaryl/α,β-unsaturated/α-hetero) is 1. The van der Waals surface area contributed by atoms with E-state index in [-0.39, 0.29) is 17.9 Å². The number of rotatable bonds is 11. The monoisotopic (exact) mass is 516 g/mol. The normalized spacial score (nSPS) is 16.5. The third kappa shape index (κ3) is 5.64. The molecule has 198 valence electrons. The smallest absolute Gasteiger partial charge is 0.295 e. The van der Waals surface area contributed by atoms with E-state index in [9.17, 15) is 14.7 Å². The number of aliphatic hydroxyl groups excluding tert-OH is 1. The Hall–Kier alpha value is -4.33. The number of carbonyl (C=O) groups is 2. The maximum atomic E-state index is 13.4. The van der Waals surface area contributed by atoms with Gasteiger partial charge in [0.2, 0.25) is 0 Å². The number of hydrogen-bond donors (Lipinski definition) is 1. The Labute approximate surface area is 222 Å². The molecule has 4 rings (SSSR count). The summed E-state index contributed by atoms with van der Waals surface area (Å²) in [6.45, 7) is 5.08. The van der Waals surface area contributed by atoms with E-state index in [1.807, 2.05) is 13.0 Å². The van der Waals surface area contributed by atoms with E-state index >= 15 is 0 Å². The molecule has 0 radical (unpaired) electrons. The molecule has 1 N–H and O–H groups in total. The summed E-state index contributed by atoms with van der Waals surface area (Å²) in [6, 6.07) is 14.9. The second-order valence-corrected chi connectivity index (χ2v) is 8.86. The zero-order chi connectivity index (χ0) is 27.1. The summed E-state index contributed by atoms with van der Waals surface area (Å²) in [4.78, 5) is 32.3. The molecule has 1 fully saturated rings. The number of pyridine rings is 1. The lowest BCUT2D eigenvalue weighted by molar-refractivity contribution is -0.140. The lowest BCUT2D eigenvalue weighted by Gasteiger charge is -2.26. The van der Waals surface area contributed by atoms with Crippen LogP contribution >= 0.6 is 0 Å². The van der Waals surface area contributed by atoms with Crippen molar-refractivity contribution < 1.29 is 28.9 Å². The first-order valence-electron chi connectivity index (χ1n) is 12.7. The minimum atomic E-state index is -0.857. The molecule has 1 aliphatic rings. The largest absolute Gasteiger partial charge is 0.507 e. The highest BCUT2D eigenvalue weighted by Crippen LogP contribution is 2.43. The topological polar surface area (TPSA) is 98.2 Å². The van der Waals surface area contributed by atoms with Crippen LogP contribution in [-0.4, -0.2) is 47.0 Å². The number of methoxy groups -OCH3 is 1. The number of aliphatic hydroxyl groups is 1. The Morgan fingerprint density at radius 1 is 1.03 bits per heavy atom. The summed E-state index contributed by atoms with van der Waals surface area (Å²) >= 11 is 0. The van der Waals surface area contributed by atoms with E-state index in [1.54, 1.807) is 60.9 Å². The van der Waals surface area contributed by atoms with Gasteiger partial charge >= 0.3 is 0 Å². The number of carbonyl (C=O) groups excluding carboxylic acids is 2. The number of ketones is 1. The third-order valence-electron chi connectivity index (χ3n) is 6.29. The van der Waals surface area contributed by atoms with Crippen molar-refractivity contribution in [2.75, 3.05) is 20.3 Å². The predicted molar refractivity (Wildman–Crippen MR) is 143 cm³/mol. The van der Waals surface area contributed by atoms with Crippen molar-refractivity contribution in [1.82, 2.24) is 9.88 Å². The average Bonchev–Trinajstić information content (AvgIpc) is 3.19. The maximum absolute atomic E-state index is 13.4. The average molecular weight is 517 g/mol. The summed E-state index contributed by atoms with van der Waals surface area (Å²) in [6.07, 6.45) is 5.18. The predicted octanol–water partition coefficient (Wildman–Crippen LogP) is 5.29. The molecule has 3 aromatic rings. The lowest BCUT2D eigenvalue weighted by atomic mass is 9.94. The number of unbranched alkanes of at least 4 members (excludes halogenated alkanes) is 1. The molecule has 8 nitrogen and oxygen atoms in total. The van der Waals surface area contributed by atoms with Crippen LogP contribution in [0.25, 0.3) is 5.76 Å². The standard InChI is InChI=1S/C30H32N2O6/c1-4-6-15-38-23-11-7-10-22(16-23)28(33)26-27(21-12-13-24(37-5-2)25(17-21)36-3)32(30(35)29(26)34)19-20-9-8-14-31-18-20/h7-14,16-18,27,33H,4-6,15,19H2,1-3H3. The van der Waals surface area contributed by atoms with E-state index in [0.29, 0.717) is 41.6 Å². The van der Waals surface area contributed by atoms with Crippen LogP contribution in [0, 0.1) is 0 Å². The number of hydrogen-bond acceptors (Lipinski definition) is 7. The first kappa shape index (κ1) is 26.7. The summed E-state index contributed by atoms with van der Waals surface area (Å²) in [5, 5.41) is 11.4. The van der Waals surface area contributed by atoms with Gasteiger partial charge in [0.1, 0.15) is 11.5 Å². The van der Waals surface area contributed by atoms with Crippen molar-refractivity contribution in [1.29, 1.82) is 0 Å². The second-order valence-electron chi connectivity index (χ2n) is 8.86. The molecule has 0 bridgehead atoms. The minimum Gasteiger partial charge on any atom is -0.507 e. The fourth-order valence-corrected chi connectivity index (χ4v) is 4.43. The van der Waals surface area contributed by atoms with E-state index in [1.165, 1.54) is 12.0 Å². The molecule has 1 saturated heterocycles. The van der Waals surface area contributed by atoms with Gasteiger partial charge < -0.3 is 24.2 Å².